The van der Waals surface area contributed by atoms with Gasteiger partial charge in [-0.15, -0.1) is 0 Å². The van der Waals surface area contributed by atoms with Crippen molar-refractivity contribution in [2.24, 2.45) is 0 Å². The molecule has 4 rings (SSSR count). The number of para-hydroxylation sites is 1. The number of amides is 3. The Morgan fingerprint density at radius 2 is 1.65 bits per heavy atom. The SMILES string of the molecule is O=C1CN(Cc2ccnc3ccccc23)C(=O)N1c1ccc(S(=O)(=O)C(F)(F)F)cc1. The van der Waals surface area contributed by atoms with Crippen LogP contribution in [0.5, 0.6) is 0 Å². The van der Waals surface area contributed by atoms with Gasteiger partial charge in [0.2, 0.25) is 0 Å². The van der Waals surface area contributed by atoms with Crippen LogP contribution in [0.3, 0.4) is 0 Å². The number of carbonyl (C=O) groups is 2. The molecule has 1 aromatic heterocycles. The fourth-order valence-corrected chi connectivity index (χ4v) is 4.10. The number of fused-ring (bicyclic) bond motifs is 1. The number of pyridine rings is 1. The van der Waals surface area contributed by atoms with E-state index in [1.54, 1.807) is 12.3 Å². The van der Waals surface area contributed by atoms with Crippen LogP contribution >= 0.6 is 0 Å². The molecule has 2 aromatic carbocycles. The molecule has 1 saturated heterocycles. The Morgan fingerprint density at radius 3 is 2.32 bits per heavy atom. The number of hydrogen-bond acceptors (Lipinski definition) is 5. The van der Waals surface area contributed by atoms with Gasteiger partial charge in [0.05, 0.1) is 16.1 Å². The number of halogens is 3. The Kier molecular flexibility index (Phi) is 4.92. The molecule has 1 fully saturated rings. The minimum Gasteiger partial charge on any atom is -0.310 e. The number of anilines is 1. The van der Waals surface area contributed by atoms with E-state index in [9.17, 15) is 31.2 Å². The summed E-state index contributed by atoms with van der Waals surface area (Å²) < 4.78 is 61.1. The maximum Gasteiger partial charge on any atom is 0.501 e. The minimum absolute atomic E-state index is 0.0155. The van der Waals surface area contributed by atoms with Crippen LogP contribution in [0.2, 0.25) is 0 Å². The third-order valence-corrected chi connectivity index (χ3v) is 6.35. The number of rotatable bonds is 4. The lowest BCUT2D eigenvalue weighted by molar-refractivity contribution is -0.116. The van der Waals surface area contributed by atoms with E-state index < -0.39 is 32.2 Å². The van der Waals surface area contributed by atoms with Gasteiger partial charge < -0.3 is 4.90 Å². The standard InChI is InChI=1S/C20H14F3N3O4S/c21-20(22,23)31(29,30)15-7-5-14(6-8-15)26-18(27)12-25(19(26)28)11-13-9-10-24-17-4-2-1-3-16(13)17/h1-10H,11-12H2. The van der Waals surface area contributed by atoms with Gasteiger partial charge >= 0.3 is 11.5 Å². The summed E-state index contributed by atoms with van der Waals surface area (Å²) in [5.41, 5.74) is -3.95. The largest absolute Gasteiger partial charge is 0.501 e. The summed E-state index contributed by atoms with van der Waals surface area (Å²) in [6, 6.07) is 11.8. The maximum atomic E-state index is 12.8. The van der Waals surface area contributed by atoms with Gasteiger partial charge in [0, 0.05) is 18.1 Å². The summed E-state index contributed by atoms with van der Waals surface area (Å²) in [4.78, 5) is 30.6. The van der Waals surface area contributed by atoms with Crippen LogP contribution in [0.4, 0.5) is 23.7 Å². The topological polar surface area (TPSA) is 87.7 Å². The highest BCUT2D eigenvalue weighted by Crippen LogP contribution is 2.32. The molecular weight excluding hydrogens is 435 g/mol. The molecule has 0 radical (unpaired) electrons. The number of imide groups is 1. The number of nitrogens with zero attached hydrogens (tertiary/aromatic N) is 3. The van der Waals surface area contributed by atoms with Gasteiger partial charge in [0.1, 0.15) is 6.54 Å². The Morgan fingerprint density at radius 1 is 0.968 bits per heavy atom. The fraction of sp³-hybridized carbons (Fsp3) is 0.150. The summed E-state index contributed by atoms with van der Waals surface area (Å²) in [6.45, 7) is -0.0945. The highest BCUT2D eigenvalue weighted by atomic mass is 32.2. The Labute approximate surface area is 174 Å². The average Bonchev–Trinajstić information content (AvgIpc) is 3.00. The molecule has 3 amide bonds. The van der Waals surface area contributed by atoms with Crippen LogP contribution < -0.4 is 4.90 Å². The second kappa shape index (κ2) is 7.34. The minimum atomic E-state index is -5.52. The third-order valence-electron chi connectivity index (χ3n) is 4.85. The molecule has 0 bridgehead atoms. The van der Waals surface area contributed by atoms with E-state index in [0.29, 0.717) is 0 Å². The van der Waals surface area contributed by atoms with Gasteiger partial charge in [-0.25, -0.2) is 18.1 Å². The van der Waals surface area contributed by atoms with E-state index in [2.05, 4.69) is 4.98 Å². The van der Waals surface area contributed by atoms with Crippen molar-refractivity contribution in [3.05, 3.63) is 66.4 Å². The summed E-state index contributed by atoms with van der Waals surface area (Å²) >= 11 is 0. The molecule has 11 heteroatoms. The molecule has 160 valence electrons. The maximum absolute atomic E-state index is 12.8. The number of aromatic nitrogens is 1. The predicted octanol–water partition coefficient (Wildman–Crippen LogP) is 3.50. The molecule has 3 aromatic rings. The van der Waals surface area contributed by atoms with Crippen LogP contribution in [-0.2, 0) is 21.2 Å². The van der Waals surface area contributed by atoms with Gasteiger partial charge in [0.15, 0.2) is 0 Å². The van der Waals surface area contributed by atoms with E-state index in [1.165, 1.54) is 4.90 Å². The van der Waals surface area contributed by atoms with Crippen LogP contribution in [0.15, 0.2) is 65.7 Å². The zero-order valence-corrected chi connectivity index (χ0v) is 16.5. The monoisotopic (exact) mass is 449 g/mol. The van der Waals surface area contributed by atoms with E-state index in [4.69, 9.17) is 0 Å². The molecule has 31 heavy (non-hydrogen) atoms. The summed E-state index contributed by atoms with van der Waals surface area (Å²) in [7, 11) is -5.52. The quantitative estimate of drug-likeness (QED) is 0.569. The van der Waals surface area contributed by atoms with Gasteiger partial charge in [-0.2, -0.15) is 13.2 Å². The first kappa shape index (κ1) is 20.8. The number of alkyl halides is 3. The van der Waals surface area contributed by atoms with Gasteiger partial charge in [0.25, 0.3) is 15.7 Å². The van der Waals surface area contributed by atoms with Crippen LogP contribution in [0.25, 0.3) is 10.9 Å². The Balaban J connectivity index is 1.59. The van der Waals surface area contributed by atoms with E-state index in [-0.39, 0.29) is 18.8 Å². The van der Waals surface area contributed by atoms with Gasteiger partial charge in [-0.1, -0.05) is 18.2 Å². The lowest BCUT2D eigenvalue weighted by Crippen LogP contribution is -2.33. The van der Waals surface area contributed by atoms with Crippen molar-refractivity contribution in [3.63, 3.8) is 0 Å². The lowest BCUT2D eigenvalue weighted by Gasteiger charge is -2.18. The lowest BCUT2D eigenvalue weighted by atomic mass is 10.1. The molecule has 0 atom stereocenters. The summed E-state index contributed by atoms with van der Waals surface area (Å²) in [5, 5.41) is 0.824. The van der Waals surface area contributed by atoms with Crippen LogP contribution in [0, 0.1) is 0 Å². The van der Waals surface area contributed by atoms with Gasteiger partial charge in [-0.05, 0) is 42.0 Å². The van der Waals surface area contributed by atoms with Crippen LogP contribution in [0.1, 0.15) is 5.56 Å². The molecule has 0 N–H and O–H groups in total. The molecule has 0 aliphatic carbocycles. The van der Waals surface area contributed by atoms with Crippen molar-refractivity contribution in [3.8, 4) is 0 Å². The van der Waals surface area contributed by atoms with Crippen molar-refractivity contribution < 1.29 is 31.2 Å². The summed E-state index contributed by atoms with van der Waals surface area (Å²) in [6.07, 6.45) is 1.59. The van der Waals surface area contributed by atoms with Crippen molar-refractivity contribution >= 4 is 38.4 Å². The Bertz CT molecular complexity index is 1290. The van der Waals surface area contributed by atoms with Gasteiger partial charge in [-0.3, -0.25) is 9.78 Å². The number of carbonyl (C=O) groups excluding carboxylic acids is 2. The normalized spacial score (nSPS) is 15.2. The van der Waals surface area contributed by atoms with Crippen molar-refractivity contribution in [1.82, 2.24) is 9.88 Å². The molecule has 0 saturated carbocycles. The van der Waals surface area contributed by atoms with E-state index in [1.807, 2.05) is 24.3 Å². The second-order valence-corrected chi connectivity index (χ2v) is 8.74. The first-order valence-corrected chi connectivity index (χ1v) is 10.4. The number of benzene rings is 2. The molecule has 7 nitrogen and oxygen atoms in total. The van der Waals surface area contributed by atoms with Crippen molar-refractivity contribution in [2.75, 3.05) is 11.4 Å². The molecule has 0 spiro atoms. The first-order chi connectivity index (χ1) is 14.6. The number of urea groups is 1. The van der Waals surface area contributed by atoms with Crippen molar-refractivity contribution in [1.29, 1.82) is 0 Å². The van der Waals surface area contributed by atoms with E-state index in [0.717, 1.165) is 45.6 Å². The van der Waals surface area contributed by atoms with E-state index >= 15 is 0 Å². The zero-order chi connectivity index (χ0) is 22.4. The second-order valence-electron chi connectivity index (χ2n) is 6.80. The number of sulfone groups is 1. The number of hydrogen-bond donors (Lipinski definition) is 0. The fourth-order valence-electron chi connectivity index (χ4n) is 3.33. The molecule has 0 unspecified atom stereocenters. The predicted molar refractivity (Wildman–Crippen MR) is 105 cm³/mol. The first-order valence-electron chi connectivity index (χ1n) is 8.95. The summed E-state index contributed by atoms with van der Waals surface area (Å²) in [5.74, 6) is -0.574. The van der Waals surface area contributed by atoms with Crippen LogP contribution in [-0.4, -0.2) is 42.3 Å². The third kappa shape index (κ3) is 3.61. The molecule has 1 aliphatic rings. The van der Waals surface area contributed by atoms with Crippen molar-refractivity contribution in [2.45, 2.75) is 16.9 Å². The molecular formula is C20H14F3N3O4S. The Hall–Kier alpha value is -3.47. The molecule has 1 aliphatic heterocycles. The average molecular weight is 449 g/mol. The zero-order valence-electron chi connectivity index (χ0n) is 15.7. The molecule has 2 heterocycles. The highest BCUT2D eigenvalue weighted by molar-refractivity contribution is 7.92. The highest BCUT2D eigenvalue weighted by Gasteiger charge is 2.47. The smallest absolute Gasteiger partial charge is 0.310 e.